The van der Waals surface area contributed by atoms with Gasteiger partial charge in [0.1, 0.15) is 5.52 Å². The molecule has 0 radical (unpaired) electrons. The number of nitrogens with zero attached hydrogens (tertiary/aromatic N) is 4. The van der Waals surface area contributed by atoms with Gasteiger partial charge in [-0.1, -0.05) is 17.3 Å². The number of piperidine rings is 1. The van der Waals surface area contributed by atoms with E-state index in [1.807, 2.05) is 49.1 Å². The zero-order chi connectivity index (χ0) is 21.8. The number of aryl methyl sites for hydroxylation is 2. The van der Waals surface area contributed by atoms with Crippen molar-refractivity contribution < 1.29 is 9.59 Å². The molecule has 0 saturated carbocycles. The third kappa shape index (κ3) is 4.84. The number of urea groups is 1. The van der Waals surface area contributed by atoms with Crippen LogP contribution in [0.3, 0.4) is 0 Å². The van der Waals surface area contributed by atoms with Crippen LogP contribution in [-0.4, -0.2) is 51.5 Å². The van der Waals surface area contributed by atoms with Crippen LogP contribution in [0.2, 0.25) is 0 Å². The van der Waals surface area contributed by atoms with Crippen molar-refractivity contribution in [2.45, 2.75) is 39.7 Å². The first-order valence-electron chi connectivity index (χ1n) is 10.8. The lowest BCUT2D eigenvalue weighted by molar-refractivity contribution is 0.0724. The maximum atomic E-state index is 12.7. The number of fused-ring (bicyclic) bond motifs is 1. The lowest BCUT2D eigenvalue weighted by Crippen LogP contribution is -2.35. The van der Waals surface area contributed by atoms with Crippen LogP contribution in [-0.2, 0) is 6.54 Å². The zero-order valence-corrected chi connectivity index (χ0v) is 18.0. The van der Waals surface area contributed by atoms with Crippen LogP contribution in [0.4, 0.5) is 10.5 Å². The highest BCUT2D eigenvalue weighted by Crippen LogP contribution is 2.18. The predicted octanol–water partition coefficient (Wildman–Crippen LogP) is 3.50. The summed E-state index contributed by atoms with van der Waals surface area (Å²) in [5, 5.41) is 14.1. The van der Waals surface area contributed by atoms with Crippen LogP contribution in [0.15, 0.2) is 36.4 Å². The van der Waals surface area contributed by atoms with Crippen molar-refractivity contribution >= 4 is 28.7 Å². The van der Waals surface area contributed by atoms with Gasteiger partial charge >= 0.3 is 6.03 Å². The number of anilines is 1. The summed E-state index contributed by atoms with van der Waals surface area (Å²) in [5.74, 6) is 0.0564. The molecule has 1 aliphatic rings. The third-order valence-corrected chi connectivity index (χ3v) is 5.65. The number of likely N-dealkylation sites (tertiary alicyclic amines) is 1. The van der Waals surface area contributed by atoms with Gasteiger partial charge in [0.25, 0.3) is 5.91 Å². The summed E-state index contributed by atoms with van der Waals surface area (Å²) >= 11 is 0. The number of rotatable bonds is 5. The van der Waals surface area contributed by atoms with E-state index in [0.717, 1.165) is 48.3 Å². The first kappa shape index (κ1) is 20.8. The van der Waals surface area contributed by atoms with Crippen molar-refractivity contribution in [1.82, 2.24) is 25.2 Å². The topological polar surface area (TPSA) is 92.1 Å². The number of benzene rings is 2. The number of carbonyl (C=O) groups excluding carboxylic acids is 2. The van der Waals surface area contributed by atoms with E-state index in [-0.39, 0.29) is 11.9 Å². The van der Waals surface area contributed by atoms with Gasteiger partial charge in [-0.25, -0.2) is 9.48 Å². The Morgan fingerprint density at radius 3 is 2.65 bits per heavy atom. The molecule has 1 saturated heterocycles. The molecule has 0 unspecified atom stereocenters. The van der Waals surface area contributed by atoms with Crippen LogP contribution >= 0.6 is 0 Å². The molecule has 2 aromatic carbocycles. The summed E-state index contributed by atoms with van der Waals surface area (Å²) in [7, 11) is 0. The minimum Gasteiger partial charge on any atom is -0.339 e. The molecule has 0 atom stereocenters. The predicted molar refractivity (Wildman–Crippen MR) is 120 cm³/mol. The summed E-state index contributed by atoms with van der Waals surface area (Å²) in [5.41, 5.74) is 5.07. The minimum absolute atomic E-state index is 0.0564. The number of hydrogen-bond acceptors (Lipinski definition) is 4. The molecule has 1 aliphatic heterocycles. The molecule has 162 valence electrons. The Kier molecular flexibility index (Phi) is 6.16. The summed E-state index contributed by atoms with van der Waals surface area (Å²) in [6.45, 7) is 6.48. The maximum Gasteiger partial charge on any atom is 0.319 e. The molecule has 1 fully saturated rings. The van der Waals surface area contributed by atoms with Crippen LogP contribution < -0.4 is 10.6 Å². The molecule has 31 heavy (non-hydrogen) atoms. The van der Waals surface area contributed by atoms with Crippen LogP contribution in [0.1, 0.15) is 40.7 Å². The molecule has 0 aliphatic carbocycles. The van der Waals surface area contributed by atoms with Gasteiger partial charge in [-0.05, 0) is 68.5 Å². The molecule has 2 heterocycles. The second-order valence-corrected chi connectivity index (χ2v) is 8.07. The van der Waals surface area contributed by atoms with E-state index in [1.54, 1.807) is 10.7 Å². The maximum absolute atomic E-state index is 12.7. The summed E-state index contributed by atoms with van der Waals surface area (Å²) in [4.78, 5) is 26.8. The smallest absolute Gasteiger partial charge is 0.319 e. The molecule has 3 amide bonds. The van der Waals surface area contributed by atoms with Gasteiger partial charge in [0.05, 0.1) is 12.1 Å². The molecule has 0 spiro atoms. The van der Waals surface area contributed by atoms with E-state index < -0.39 is 0 Å². The van der Waals surface area contributed by atoms with E-state index in [2.05, 4.69) is 20.9 Å². The third-order valence-electron chi connectivity index (χ3n) is 5.65. The van der Waals surface area contributed by atoms with Gasteiger partial charge in [-0.15, -0.1) is 5.10 Å². The molecule has 8 nitrogen and oxygen atoms in total. The fourth-order valence-electron chi connectivity index (χ4n) is 3.86. The Balaban J connectivity index is 1.35. The molecule has 1 aromatic heterocycles. The number of carbonyl (C=O) groups is 2. The first-order chi connectivity index (χ1) is 15.0. The molecular weight excluding hydrogens is 392 g/mol. The molecule has 2 N–H and O–H groups in total. The second-order valence-electron chi connectivity index (χ2n) is 8.07. The average molecular weight is 421 g/mol. The second kappa shape index (κ2) is 9.16. The molecule has 0 bridgehead atoms. The van der Waals surface area contributed by atoms with Gasteiger partial charge in [0.2, 0.25) is 0 Å². The Bertz CT molecular complexity index is 1100. The fraction of sp³-hybridized carbons (Fsp3) is 0.391. The number of aromatic nitrogens is 3. The standard InChI is InChI=1S/C23H28N6O2/c1-16-6-7-17(2)19(14-16)25-23(31)24-10-13-29-21-9-8-18(15-20(21)26-27-29)22(30)28-11-4-3-5-12-28/h6-9,14-15H,3-5,10-13H2,1-2H3,(H2,24,25,31). The SMILES string of the molecule is Cc1ccc(C)c(NC(=O)NCCn2nnc3cc(C(=O)N4CCCCC4)ccc32)c1. The molecule has 4 rings (SSSR count). The zero-order valence-electron chi connectivity index (χ0n) is 18.0. The Hall–Kier alpha value is -3.42. The number of amides is 3. The highest BCUT2D eigenvalue weighted by molar-refractivity contribution is 5.97. The quantitative estimate of drug-likeness (QED) is 0.661. The van der Waals surface area contributed by atoms with Gasteiger partial charge in [-0.3, -0.25) is 4.79 Å². The van der Waals surface area contributed by atoms with Crippen molar-refractivity contribution in [3.63, 3.8) is 0 Å². The van der Waals surface area contributed by atoms with Crippen molar-refractivity contribution in [3.8, 4) is 0 Å². The fourth-order valence-corrected chi connectivity index (χ4v) is 3.86. The molecule has 8 heteroatoms. The van der Waals surface area contributed by atoms with E-state index in [1.165, 1.54) is 6.42 Å². The van der Waals surface area contributed by atoms with Crippen molar-refractivity contribution in [2.75, 3.05) is 25.0 Å². The molecule has 3 aromatic rings. The van der Waals surface area contributed by atoms with Crippen molar-refractivity contribution in [3.05, 3.63) is 53.1 Å². The van der Waals surface area contributed by atoms with E-state index in [9.17, 15) is 9.59 Å². The number of nitrogens with one attached hydrogen (secondary N) is 2. The lowest BCUT2D eigenvalue weighted by Gasteiger charge is -2.26. The lowest BCUT2D eigenvalue weighted by atomic mass is 10.1. The molecular formula is C23H28N6O2. The van der Waals surface area contributed by atoms with Crippen LogP contribution in [0.25, 0.3) is 11.0 Å². The largest absolute Gasteiger partial charge is 0.339 e. The van der Waals surface area contributed by atoms with Gasteiger partial charge in [0.15, 0.2) is 0 Å². The van der Waals surface area contributed by atoms with Gasteiger partial charge < -0.3 is 15.5 Å². The van der Waals surface area contributed by atoms with Gasteiger partial charge in [0, 0.05) is 30.9 Å². The highest BCUT2D eigenvalue weighted by Gasteiger charge is 2.19. The van der Waals surface area contributed by atoms with E-state index in [0.29, 0.717) is 24.2 Å². The monoisotopic (exact) mass is 420 g/mol. The van der Waals surface area contributed by atoms with Crippen molar-refractivity contribution in [1.29, 1.82) is 0 Å². The normalized spacial score (nSPS) is 13.9. The number of hydrogen-bond donors (Lipinski definition) is 2. The van der Waals surface area contributed by atoms with Gasteiger partial charge in [-0.2, -0.15) is 0 Å². The average Bonchev–Trinajstić information content (AvgIpc) is 3.18. The Labute approximate surface area is 181 Å². The summed E-state index contributed by atoms with van der Waals surface area (Å²) < 4.78 is 1.74. The summed E-state index contributed by atoms with van der Waals surface area (Å²) in [6.07, 6.45) is 3.32. The summed E-state index contributed by atoms with van der Waals surface area (Å²) in [6, 6.07) is 11.2. The van der Waals surface area contributed by atoms with E-state index >= 15 is 0 Å². The highest BCUT2D eigenvalue weighted by atomic mass is 16.2. The Morgan fingerprint density at radius 1 is 1.03 bits per heavy atom. The first-order valence-corrected chi connectivity index (χ1v) is 10.8. The Morgan fingerprint density at radius 2 is 1.84 bits per heavy atom. The van der Waals surface area contributed by atoms with Crippen LogP contribution in [0, 0.1) is 13.8 Å². The van der Waals surface area contributed by atoms with E-state index in [4.69, 9.17) is 0 Å². The van der Waals surface area contributed by atoms with Crippen LogP contribution in [0.5, 0.6) is 0 Å². The van der Waals surface area contributed by atoms with Crippen molar-refractivity contribution in [2.24, 2.45) is 0 Å². The minimum atomic E-state index is -0.257.